The van der Waals surface area contributed by atoms with Crippen LogP contribution in [0.25, 0.3) is 0 Å². The van der Waals surface area contributed by atoms with E-state index in [2.05, 4.69) is 5.32 Å². The number of carbonyl (C=O) groups excluding carboxylic acids is 3. The number of ether oxygens (including phenoxy) is 1. The number of amides is 3. The van der Waals surface area contributed by atoms with Crippen LogP contribution in [0.4, 0.5) is 0 Å². The molecule has 3 atom stereocenters. The summed E-state index contributed by atoms with van der Waals surface area (Å²) >= 11 is 0. The summed E-state index contributed by atoms with van der Waals surface area (Å²) in [5.41, 5.74) is 0.803. The number of fused-ring (bicyclic) bond motifs is 1. The van der Waals surface area contributed by atoms with Gasteiger partial charge in [0.15, 0.2) is 6.10 Å². The SMILES string of the molecule is COc1cccc(C2C3C(=O)N(C4CCCCC4)C(=O)C3ON2CC(=O)NC2CC2)c1. The van der Waals surface area contributed by atoms with Crippen LogP contribution in [0.2, 0.25) is 0 Å². The van der Waals surface area contributed by atoms with E-state index in [9.17, 15) is 14.4 Å². The molecule has 31 heavy (non-hydrogen) atoms. The number of methoxy groups -OCH3 is 1. The fraction of sp³-hybridized carbons (Fsp3) is 0.609. The first-order chi connectivity index (χ1) is 15.1. The third-order valence-corrected chi connectivity index (χ3v) is 6.85. The Morgan fingerprint density at radius 2 is 1.90 bits per heavy atom. The van der Waals surface area contributed by atoms with E-state index < -0.39 is 18.1 Å². The van der Waals surface area contributed by atoms with Crippen LogP contribution in [0.1, 0.15) is 56.6 Å². The number of nitrogens with one attached hydrogen (secondary N) is 1. The van der Waals surface area contributed by atoms with E-state index >= 15 is 0 Å². The molecular formula is C23H29N3O5. The second-order valence-electron chi connectivity index (χ2n) is 9.03. The Bertz CT molecular complexity index is 880. The minimum Gasteiger partial charge on any atom is -0.497 e. The third-order valence-electron chi connectivity index (χ3n) is 6.85. The van der Waals surface area contributed by atoms with Crippen LogP contribution in [-0.2, 0) is 19.2 Å². The first-order valence-corrected chi connectivity index (χ1v) is 11.3. The Kier molecular flexibility index (Phi) is 5.44. The smallest absolute Gasteiger partial charge is 0.261 e. The fourth-order valence-corrected chi connectivity index (χ4v) is 5.17. The second-order valence-corrected chi connectivity index (χ2v) is 9.03. The lowest BCUT2D eigenvalue weighted by atomic mass is 9.90. The largest absolute Gasteiger partial charge is 0.497 e. The summed E-state index contributed by atoms with van der Waals surface area (Å²) in [6, 6.07) is 7.10. The van der Waals surface area contributed by atoms with Crippen LogP contribution >= 0.6 is 0 Å². The predicted octanol–water partition coefficient (Wildman–Crippen LogP) is 1.95. The van der Waals surface area contributed by atoms with Crippen LogP contribution in [0.15, 0.2) is 24.3 Å². The maximum atomic E-state index is 13.5. The lowest BCUT2D eigenvalue weighted by Gasteiger charge is -2.32. The number of hydrogen-bond donors (Lipinski definition) is 1. The molecule has 1 aromatic carbocycles. The van der Waals surface area contributed by atoms with Crippen LogP contribution in [0.5, 0.6) is 5.75 Å². The van der Waals surface area contributed by atoms with Crippen molar-refractivity contribution < 1.29 is 24.0 Å². The first kappa shape index (κ1) is 20.5. The maximum absolute atomic E-state index is 13.5. The number of likely N-dealkylation sites (tertiary alicyclic amines) is 1. The van der Waals surface area contributed by atoms with Crippen molar-refractivity contribution in [2.24, 2.45) is 5.92 Å². The van der Waals surface area contributed by atoms with E-state index in [1.54, 1.807) is 7.11 Å². The Morgan fingerprint density at radius 3 is 2.61 bits per heavy atom. The number of imide groups is 1. The van der Waals surface area contributed by atoms with Crippen LogP contribution in [-0.4, -0.2) is 59.5 Å². The van der Waals surface area contributed by atoms with Crippen LogP contribution in [0, 0.1) is 5.92 Å². The zero-order valence-electron chi connectivity index (χ0n) is 17.8. The summed E-state index contributed by atoms with van der Waals surface area (Å²) in [5.74, 6) is -0.598. The summed E-state index contributed by atoms with van der Waals surface area (Å²) in [4.78, 5) is 46.8. The van der Waals surface area contributed by atoms with Crippen molar-refractivity contribution in [2.45, 2.75) is 69.2 Å². The van der Waals surface area contributed by atoms with Crippen molar-refractivity contribution in [3.8, 4) is 5.75 Å². The lowest BCUT2D eigenvalue weighted by Crippen LogP contribution is -2.45. The molecule has 1 N–H and O–H groups in total. The Hall–Kier alpha value is -2.45. The molecule has 1 aromatic rings. The van der Waals surface area contributed by atoms with Gasteiger partial charge < -0.3 is 10.1 Å². The molecule has 4 aliphatic rings. The molecule has 2 heterocycles. The monoisotopic (exact) mass is 427 g/mol. The van der Waals surface area contributed by atoms with Gasteiger partial charge in [0.2, 0.25) is 11.8 Å². The quantitative estimate of drug-likeness (QED) is 0.698. The highest BCUT2D eigenvalue weighted by Gasteiger charge is 2.61. The molecule has 0 bridgehead atoms. The highest BCUT2D eigenvalue weighted by Crippen LogP contribution is 2.46. The number of benzene rings is 1. The zero-order valence-corrected chi connectivity index (χ0v) is 17.8. The first-order valence-electron chi connectivity index (χ1n) is 11.3. The van der Waals surface area contributed by atoms with Gasteiger partial charge in [-0.25, -0.2) is 0 Å². The second kappa shape index (κ2) is 8.24. The standard InChI is InChI=1S/C23H29N3O5/c1-30-17-9-5-6-14(12-17)20-19-21(31-25(20)13-18(27)24-15-10-11-15)23(29)26(22(19)28)16-7-3-2-4-8-16/h5-6,9,12,15-16,19-21H,2-4,7-8,10-11,13H2,1H3,(H,24,27). The molecule has 166 valence electrons. The van der Waals surface area contributed by atoms with Gasteiger partial charge in [-0.1, -0.05) is 31.4 Å². The molecule has 2 saturated heterocycles. The number of carbonyl (C=O) groups is 3. The molecule has 3 unspecified atom stereocenters. The number of rotatable bonds is 6. The van der Waals surface area contributed by atoms with Gasteiger partial charge in [0, 0.05) is 12.1 Å². The van der Waals surface area contributed by atoms with Crippen molar-refractivity contribution in [3.63, 3.8) is 0 Å². The van der Waals surface area contributed by atoms with Crippen LogP contribution < -0.4 is 10.1 Å². The average Bonchev–Trinajstić information content (AvgIpc) is 3.46. The molecule has 8 nitrogen and oxygen atoms in total. The van der Waals surface area contributed by atoms with E-state index in [1.165, 1.54) is 9.96 Å². The van der Waals surface area contributed by atoms with Crippen molar-refractivity contribution in [2.75, 3.05) is 13.7 Å². The Balaban J connectivity index is 1.44. The van der Waals surface area contributed by atoms with Gasteiger partial charge in [-0.15, -0.1) is 0 Å². The van der Waals surface area contributed by atoms with E-state index in [-0.39, 0.29) is 36.3 Å². The number of hydrogen-bond acceptors (Lipinski definition) is 6. The van der Waals surface area contributed by atoms with E-state index in [4.69, 9.17) is 9.57 Å². The molecule has 0 aromatic heterocycles. The Labute approximate surface area is 181 Å². The van der Waals surface area contributed by atoms with E-state index in [1.807, 2.05) is 24.3 Å². The summed E-state index contributed by atoms with van der Waals surface area (Å²) in [6.07, 6.45) is 6.03. The van der Waals surface area contributed by atoms with Gasteiger partial charge in [-0.2, -0.15) is 5.06 Å². The summed E-state index contributed by atoms with van der Waals surface area (Å²) in [6.45, 7) is -0.0185. The molecule has 8 heteroatoms. The van der Waals surface area contributed by atoms with Gasteiger partial charge in [-0.3, -0.25) is 24.1 Å². The van der Waals surface area contributed by atoms with Gasteiger partial charge in [-0.05, 0) is 43.4 Å². The summed E-state index contributed by atoms with van der Waals surface area (Å²) in [5, 5.41) is 4.48. The zero-order chi connectivity index (χ0) is 21.5. The number of hydroxylamine groups is 2. The molecule has 4 fully saturated rings. The molecule has 2 saturated carbocycles. The normalized spacial score (nSPS) is 29.3. The number of nitrogens with zero attached hydrogens (tertiary/aromatic N) is 2. The predicted molar refractivity (Wildman–Crippen MR) is 111 cm³/mol. The van der Waals surface area contributed by atoms with Crippen molar-refractivity contribution in [1.82, 2.24) is 15.3 Å². The molecule has 2 aliphatic heterocycles. The Morgan fingerprint density at radius 1 is 1.13 bits per heavy atom. The minimum absolute atomic E-state index is 0.0185. The fourth-order valence-electron chi connectivity index (χ4n) is 5.17. The van der Waals surface area contributed by atoms with Gasteiger partial charge in [0.1, 0.15) is 12.3 Å². The average molecular weight is 428 g/mol. The van der Waals surface area contributed by atoms with Crippen molar-refractivity contribution >= 4 is 17.7 Å². The van der Waals surface area contributed by atoms with Gasteiger partial charge in [0.05, 0.1) is 19.1 Å². The minimum atomic E-state index is -0.876. The molecular weight excluding hydrogens is 398 g/mol. The highest BCUT2D eigenvalue weighted by atomic mass is 16.7. The third kappa shape index (κ3) is 3.83. The summed E-state index contributed by atoms with van der Waals surface area (Å²) in [7, 11) is 1.59. The van der Waals surface area contributed by atoms with Gasteiger partial charge >= 0.3 is 0 Å². The molecule has 5 rings (SSSR count). The lowest BCUT2D eigenvalue weighted by molar-refractivity contribution is -0.184. The van der Waals surface area contributed by atoms with Crippen LogP contribution in [0.3, 0.4) is 0 Å². The topological polar surface area (TPSA) is 88.2 Å². The molecule has 2 aliphatic carbocycles. The van der Waals surface area contributed by atoms with Gasteiger partial charge in [0.25, 0.3) is 5.91 Å². The molecule has 0 spiro atoms. The maximum Gasteiger partial charge on any atom is 0.261 e. The molecule has 0 radical (unpaired) electrons. The van der Waals surface area contributed by atoms with Crippen molar-refractivity contribution in [3.05, 3.63) is 29.8 Å². The highest BCUT2D eigenvalue weighted by molar-refractivity contribution is 6.07. The van der Waals surface area contributed by atoms with E-state index in [0.29, 0.717) is 5.75 Å². The van der Waals surface area contributed by atoms with E-state index in [0.717, 1.165) is 50.5 Å². The molecule has 3 amide bonds. The van der Waals surface area contributed by atoms with Crippen molar-refractivity contribution in [1.29, 1.82) is 0 Å². The summed E-state index contributed by atoms with van der Waals surface area (Å²) < 4.78 is 5.37.